The molecule has 0 spiro atoms. The van der Waals surface area contributed by atoms with Crippen LogP contribution in [0.1, 0.15) is 363 Å². The minimum atomic E-state index is -0.764. The van der Waals surface area contributed by atoms with E-state index in [2.05, 4.69) is 41.5 Å². The van der Waals surface area contributed by atoms with Gasteiger partial charge in [0, 0.05) is 19.3 Å². The summed E-state index contributed by atoms with van der Waals surface area (Å²) < 4.78 is 16.9. The maximum absolute atomic E-state index is 12.9. The number of esters is 3. The molecule has 0 rings (SSSR count). The zero-order valence-electron chi connectivity index (χ0n) is 49.0. The van der Waals surface area contributed by atoms with Crippen molar-refractivity contribution >= 4 is 17.9 Å². The van der Waals surface area contributed by atoms with Crippen molar-refractivity contribution in [1.29, 1.82) is 0 Å². The Morgan fingerprint density at radius 2 is 0.408 bits per heavy atom. The van der Waals surface area contributed by atoms with Crippen molar-refractivity contribution in [3.05, 3.63) is 0 Å². The summed E-state index contributed by atoms with van der Waals surface area (Å²) in [6.07, 6.45) is 61.2. The first-order chi connectivity index (χ1) is 34.6. The fourth-order valence-electron chi connectivity index (χ4n) is 10.1. The van der Waals surface area contributed by atoms with Gasteiger partial charge in [-0.25, -0.2) is 0 Å². The first-order valence-electron chi connectivity index (χ1n) is 32.1. The number of hydrogen-bond acceptors (Lipinski definition) is 6. The molecule has 0 fully saturated rings. The topological polar surface area (TPSA) is 78.9 Å². The first kappa shape index (κ1) is 69.4. The molecule has 0 saturated heterocycles. The van der Waals surface area contributed by atoms with E-state index >= 15 is 0 Å². The third-order valence-corrected chi connectivity index (χ3v) is 14.9. The van der Waals surface area contributed by atoms with Crippen LogP contribution in [-0.2, 0) is 28.6 Å². The van der Waals surface area contributed by atoms with Crippen molar-refractivity contribution < 1.29 is 28.6 Å². The number of carbonyl (C=O) groups is 3. The minimum absolute atomic E-state index is 0.0630. The summed E-state index contributed by atoms with van der Waals surface area (Å²) >= 11 is 0. The van der Waals surface area contributed by atoms with Gasteiger partial charge in [0.25, 0.3) is 0 Å². The molecule has 0 unspecified atom stereocenters. The third kappa shape index (κ3) is 59.2. The third-order valence-electron chi connectivity index (χ3n) is 14.9. The fourth-order valence-corrected chi connectivity index (χ4v) is 10.1. The number of unbranched alkanes of at least 4 members (excludes halogenated alkanes) is 41. The van der Waals surface area contributed by atoms with Crippen LogP contribution in [-0.4, -0.2) is 37.2 Å². The van der Waals surface area contributed by atoms with E-state index in [0.717, 1.165) is 75.5 Å². The van der Waals surface area contributed by atoms with E-state index in [9.17, 15) is 14.4 Å². The fraction of sp³-hybridized carbons (Fsp3) is 0.954. The average molecular weight is 1000 g/mol. The van der Waals surface area contributed by atoms with Crippen molar-refractivity contribution in [3.63, 3.8) is 0 Å². The van der Waals surface area contributed by atoms with E-state index in [1.807, 2.05) is 0 Å². The highest BCUT2D eigenvalue weighted by Crippen LogP contribution is 2.19. The van der Waals surface area contributed by atoms with Crippen LogP contribution in [0.2, 0.25) is 0 Å². The molecule has 0 radical (unpaired) electrons. The number of hydrogen-bond donors (Lipinski definition) is 0. The Kier molecular flexibility index (Phi) is 54.9. The highest BCUT2D eigenvalue weighted by atomic mass is 16.6. The summed E-state index contributed by atoms with van der Waals surface area (Å²) in [6, 6.07) is 0. The van der Waals surface area contributed by atoms with Gasteiger partial charge in [0.1, 0.15) is 13.2 Å². The molecular weight excluding hydrogens is 877 g/mol. The number of carbonyl (C=O) groups excluding carboxylic acids is 3. The van der Waals surface area contributed by atoms with Crippen LogP contribution >= 0.6 is 0 Å². The molecule has 0 heterocycles. The van der Waals surface area contributed by atoms with Crippen LogP contribution in [0.4, 0.5) is 0 Å². The molecular formula is C65H126O6. The van der Waals surface area contributed by atoms with Gasteiger partial charge in [0.05, 0.1) is 0 Å². The molecule has 0 N–H and O–H groups in total. The SMILES string of the molecule is CC(C)CCCCCCCCCCCCCCCCCCCCC(=O)OC[C@@H](COC(=O)CCCCCCCCCCC(C)C)OC(=O)CCCCCCCCCCCCCCCCCCCCC(C)C. The highest BCUT2D eigenvalue weighted by Gasteiger charge is 2.19. The van der Waals surface area contributed by atoms with Crippen molar-refractivity contribution in [3.8, 4) is 0 Å². The molecule has 1 atom stereocenters. The molecule has 0 saturated carbocycles. The highest BCUT2D eigenvalue weighted by molar-refractivity contribution is 5.71. The lowest BCUT2D eigenvalue weighted by atomic mass is 10.0. The predicted octanol–water partition coefficient (Wildman–Crippen LogP) is 21.5. The molecule has 0 aliphatic carbocycles. The van der Waals surface area contributed by atoms with Gasteiger partial charge in [-0.1, -0.05) is 324 Å². The minimum Gasteiger partial charge on any atom is -0.462 e. The number of ether oxygens (including phenoxy) is 3. The molecule has 6 heteroatoms. The largest absolute Gasteiger partial charge is 0.462 e. The van der Waals surface area contributed by atoms with Crippen molar-refractivity contribution in [2.75, 3.05) is 13.2 Å². The molecule has 0 bridgehead atoms. The van der Waals surface area contributed by atoms with Crippen LogP contribution in [0.5, 0.6) is 0 Å². The summed E-state index contributed by atoms with van der Waals surface area (Å²) in [6.45, 7) is 13.8. The average Bonchev–Trinajstić information content (AvgIpc) is 3.33. The van der Waals surface area contributed by atoms with Crippen molar-refractivity contribution in [2.45, 2.75) is 369 Å². The molecule has 71 heavy (non-hydrogen) atoms. The van der Waals surface area contributed by atoms with Gasteiger partial charge in [-0.15, -0.1) is 0 Å². The van der Waals surface area contributed by atoms with Crippen molar-refractivity contribution in [2.24, 2.45) is 17.8 Å². The molecule has 6 nitrogen and oxygen atoms in total. The van der Waals surface area contributed by atoms with E-state index in [1.54, 1.807) is 0 Å². The van der Waals surface area contributed by atoms with E-state index in [-0.39, 0.29) is 31.1 Å². The quantitative estimate of drug-likeness (QED) is 0.0343. The van der Waals surface area contributed by atoms with Gasteiger partial charge in [-0.3, -0.25) is 14.4 Å². The predicted molar refractivity (Wildman–Crippen MR) is 307 cm³/mol. The Bertz CT molecular complexity index is 1100. The second-order valence-electron chi connectivity index (χ2n) is 23.8. The molecule has 0 aliphatic rings. The maximum Gasteiger partial charge on any atom is 0.306 e. The van der Waals surface area contributed by atoms with Gasteiger partial charge >= 0.3 is 17.9 Å². The van der Waals surface area contributed by atoms with Gasteiger partial charge in [-0.2, -0.15) is 0 Å². The van der Waals surface area contributed by atoms with E-state index in [4.69, 9.17) is 14.2 Å². The van der Waals surface area contributed by atoms with Crippen LogP contribution in [0, 0.1) is 17.8 Å². The van der Waals surface area contributed by atoms with Crippen LogP contribution in [0.15, 0.2) is 0 Å². The second-order valence-corrected chi connectivity index (χ2v) is 23.8. The first-order valence-corrected chi connectivity index (χ1v) is 32.1. The molecule has 422 valence electrons. The monoisotopic (exact) mass is 1000 g/mol. The summed E-state index contributed by atoms with van der Waals surface area (Å²) in [5.41, 5.74) is 0. The lowest BCUT2D eigenvalue weighted by Gasteiger charge is -2.18. The van der Waals surface area contributed by atoms with E-state index < -0.39 is 6.10 Å². The zero-order chi connectivity index (χ0) is 51.9. The van der Waals surface area contributed by atoms with Gasteiger partial charge < -0.3 is 14.2 Å². The van der Waals surface area contributed by atoms with Crippen LogP contribution < -0.4 is 0 Å². The van der Waals surface area contributed by atoms with E-state index in [1.165, 1.54) is 244 Å². The molecule has 0 aromatic carbocycles. The van der Waals surface area contributed by atoms with E-state index in [0.29, 0.717) is 19.3 Å². The van der Waals surface area contributed by atoms with Crippen molar-refractivity contribution in [1.82, 2.24) is 0 Å². The van der Waals surface area contributed by atoms with Crippen LogP contribution in [0.3, 0.4) is 0 Å². The standard InChI is InChI=1S/C65H126O6/c1-59(2)51-45-39-33-27-23-19-15-11-7-9-13-17-21-25-29-36-42-48-54-63(66)69-57-62(58-70-64(67)55-49-43-37-32-31-35-41-47-53-61(5)6)71-65(68)56-50-44-38-30-26-22-18-14-10-8-12-16-20-24-28-34-40-46-52-60(3)4/h59-62H,7-58H2,1-6H3/t62-/m0/s1. The molecule has 0 aromatic rings. The van der Waals surface area contributed by atoms with Crippen LogP contribution in [0.25, 0.3) is 0 Å². The molecule has 0 aliphatic heterocycles. The molecule has 0 aromatic heterocycles. The Hall–Kier alpha value is -1.59. The summed E-state index contributed by atoms with van der Waals surface area (Å²) in [7, 11) is 0. The second kappa shape index (κ2) is 56.1. The lowest BCUT2D eigenvalue weighted by Crippen LogP contribution is -2.30. The Morgan fingerprint density at radius 3 is 0.606 bits per heavy atom. The number of rotatable bonds is 58. The summed E-state index contributed by atoms with van der Waals surface area (Å²) in [4.78, 5) is 38.2. The van der Waals surface area contributed by atoms with Gasteiger partial charge in [0.15, 0.2) is 6.10 Å². The van der Waals surface area contributed by atoms with Gasteiger partial charge in [-0.05, 0) is 37.0 Å². The Morgan fingerprint density at radius 1 is 0.239 bits per heavy atom. The maximum atomic E-state index is 12.9. The smallest absolute Gasteiger partial charge is 0.306 e. The lowest BCUT2D eigenvalue weighted by molar-refractivity contribution is -0.167. The zero-order valence-corrected chi connectivity index (χ0v) is 49.0. The molecule has 0 amide bonds. The summed E-state index contributed by atoms with van der Waals surface area (Å²) in [5, 5.41) is 0. The Labute approximate surface area is 444 Å². The normalized spacial score (nSPS) is 12.1. The summed E-state index contributed by atoms with van der Waals surface area (Å²) in [5.74, 6) is 1.67. The van der Waals surface area contributed by atoms with Gasteiger partial charge in [0.2, 0.25) is 0 Å². The Balaban J connectivity index is 4.21.